The van der Waals surface area contributed by atoms with Gasteiger partial charge in [-0.2, -0.15) is 0 Å². The van der Waals surface area contributed by atoms with Crippen LogP contribution in [0.4, 0.5) is 0 Å². The number of piperidine rings is 1. The lowest BCUT2D eigenvalue weighted by atomic mass is 9.99. The Bertz CT molecular complexity index is 736. The molecule has 0 spiro atoms. The van der Waals surface area contributed by atoms with Crippen LogP contribution < -0.4 is 0 Å². The maximum atomic E-state index is 12.4. The number of aliphatic hydroxyl groups excluding tert-OH is 1. The van der Waals surface area contributed by atoms with Gasteiger partial charge in [0.2, 0.25) is 5.91 Å². The molecule has 0 aromatic heterocycles. The van der Waals surface area contributed by atoms with E-state index >= 15 is 0 Å². The van der Waals surface area contributed by atoms with Crippen molar-refractivity contribution in [2.75, 3.05) is 19.8 Å². The monoisotopic (exact) mass is 451 g/mol. The summed E-state index contributed by atoms with van der Waals surface area (Å²) in [6, 6.07) is 7.45. The molecule has 0 saturated carbocycles. The molecular weight excluding hydrogens is 418 g/mol. The first-order valence-electron chi connectivity index (χ1n) is 11.0. The summed E-state index contributed by atoms with van der Waals surface area (Å²) >= 11 is 6.00. The molecule has 172 valence electrons. The van der Waals surface area contributed by atoms with Gasteiger partial charge in [-0.25, -0.2) is 4.79 Å². The van der Waals surface area contributed by atoms with E-state index in [0.717, 1.165) is 31.2 Å². The topological polar surface area (TPSA) is 76.1 Å². The van der Waals surface area contributed by atoms with Gasteiger partial charge in [-0.05, 0) is 57.2 Å². The van der Waals surface area contributed by atoms with Crippen LogP contribution in [0.25, 0.3) is 0 Å². The molecule has 1 aliphatic rings. The van der Waals surface area contributed by atoms with Crippen LogP contribution in [0.15, 0.2) is 36.4 Å². The summed E-state index contributed by atoms with van der Waals surface area (Å²) < 4.78 is 10.4. The zero-order valence-electron chi connectivity index (χ0n) is 18.5. The highest BCUT2D eigenvalue weighted by Crippen LogP contribution is 2.21. The van der Waals surface area contributed by atoms with E-state index in [0.29, 0.717) is 31.0 Å². The first kappa shape index (κ1) is 25.4. The molecule has 0 bridgehead atoms. The summed E-state index contributed by atoms with van der Waals surface area (Å²) in [5.41, 5.74) is 0.971. The van der Waals surface area contributed by atoms with E-state index in [2.05, 4.69) is 0 Å². The molecule has 0 radical (unpaired) electrons. The van der Waals surface area contributed by atoms with Crippen LogP contribution in [0.2, 0.25) is 5.02 Å². The second kappa shape index (κ2) is 13.5. The highest BCUT2D eigenvalue weighted by atomic mass is 35.5. The number of ether oxygens (including phenoxy) is 2. The van der Waals surface area contributed by atoms with Crippen LogP contribution in [0, 0.1) is 0 Å². The zero-order chi connectivity index (χ0) is 22.6. The molecule has 1 heterocycles. The minimum absolute atomic E-state index is 0.00259. The molecule has 1 N–H and O–H groups in total. The van der Waals surface area contributed by atoms with Crippen molar-refractivity contribution in [3.05, 3.63) is 47.0 Å². The van der Waals surface area contributed by atoms with E-state index in [9.17, 15) is 14.7 Å². The van der Waals surface area contributed by atoms with Gasteiger partial charge < -0.3 is 19.5 Å². The lowest BCUT2D eigenvalue weighted by Crippen LogP contribution is -2.43. The Morgan fingerprint density at radius 3 is 2.90 bits per heavy atom. The predicted octanol–water partition coefficient (Wildman–Crippen LogP) is 3.93. The number of rotatable bonds is 12. The van der Waals surface area contributed by atoms with Gasteiger partial charge in [0.25, 0.3) is 0 Å². The van der Waals surface area contributed by atoms with Crippen molar-refractivity contribution in [1.29, 1.82) is 0 Å². The predicted molar refractivity (Wildman–Crippen MR) is 121 cm³/mol. The molecule has 2 atom stereocenters. The van der Waals surface area contributed by atoms with Crippen LogP contribution in [0.1, 0.15) is 51.5 Å². The molecule has 2 rings (SSSR count). The first-order chi connectivity index (χ1) is 14.8. The number of hydrogen-bond acceptors (Lipinski definition) is 5. The number of aliphatic hydroxyl groups is 1. The first-order valence-corrected chi connectivity index (χ1v) is 11.4. The van der Waals surface area contributed by atoms with Crippen LogP contribution in [-0.4, -0.2) is 59.9 Å². The van der Waals surface area contributed by atoms with Gasteiger partial charge in [-0.15, -0.1) is 0 Å². The molecule has 31 heavy (non-hydrogen) atoms. The fraction of sp³-hybridized carbons (Fsp3) is 0.583. The van der Waals surface area contributed by atoms with E-state index in [1.807, 2.05) is 29.2 Å². The van der Waals surface area contributed by atoms with Gasteiger partial charge in [-0.3, -0.25) is 4.79 Å². The minimum Gasteiger partial charge on any atom is -0.461 e. The minimum atomic E-state index is -0.628. The van der Waals surface area contributed by atoms with E-state index in [-0.39, 0.29) is 30.6 Å². The third kappa shape index (κ3) is 9.85. The highest BCUT2D eigenvalue weighted by molar-refractivity contribution is 6.30. The Morgan fingerprint density at radius 2 is 2.16 bits per heavy atom. The van der Waals surface area contributed by atoms with Gasteiger partial charge in [0.1, 0.15) is 6.61 Å². The van der Waals surface area contributed by atoms with Crippen LogP contribution in [-0.2, 0) is 25.5 Å². The molecule has 7 heteroatoms. The average Bonchev–Trinajstić information content (AvgIpc) is 2.69. The molecule has 0 aliphatic carbocycles. The molecule has 1 aromatic carbocycles. The molecule has 1 unspecified atom stereocenters. The third-order valence-corrected chi connectivity index (χ3v) is 5.26. The van der Waals surface area contributed by atoms with Gasteiger partial charge in [0.15, 0.2) is 0 Å². The summed E-state index contributed by atoms with van der Waals surface area (Å²) in [5.74, 6) is -0.214. The van der Waals surface area contributed by atoms with Crippen molar-refractivity contribution in [2.24, 2.45) is 0 Å². The van der Waals surface area contributed by atoms with Gasteiger partial charge in [-0.1, -0.05) is 35.9 Å². The van der Waals surface area contributed by atoms with Crippen LogP contribution in [0.3, 0.4) is 0 Å². The second-order valence-corrected chi connectivity index (χ2v) is 8.57. The van der Waals surface area contributed by atoms with E-state index < -0.39 is 6.10 Å². The average molecular weight is 452 g/mol. The number of carbonyl (C=O) groups is 2. The molecule has 1 aromatic rings. The molecule has 1 fully saturated rings. The summed E-state index contributed by atoms with van der Waals surface area (Å²) in [4.78, 5) is 25.7. The lowest BCUT2D eigenvalue weighted by Gasteiger charge is -2.34. The van der Waals surface area contributed by atoms with Crippen molar-refractivity contribution in [3.8, 4) is 0 Å². The van der Waals surface area contributed by atoms with Crippen molar-refractivity contribution < 1.29 is 24.2 Å². The molecule has 1 amide bonds. The lowest BCUT2D eigenvalue weighted by molar-refractivity contribution is -0.152. The number of esters is 1. The van der Waals surface area contributed by atoms with Crippen LogP contribution in [0.5, 0.6) is 0 Å². The van der Waals surface area contributed by atoms with Crippen molar-refractivity contribution in [1.82, 2.24) is 4.90 Å². The van der Waals surface area contributed by atoms with E-state index in [1.165, 1.54) is 0 Å². The van der Waals surface area contributed by atoms with E-state index in [4.69, 9.17) is 21.1 Å². The standard InChI is InChI=1S/C24H34ClNO5/c1-18(2)31-24(29)17-30-14-4-3-13-26-21(9-6-10-23(26)28)11-12-22(27)16-19-7-5-8-20(25)15-19/h5,7-8,11-12,15,18,21-22,27H,3-4,6,9-10,13-14,16-17H2,1-2H3/t21?,22-/m0/s1. The SMILES string of the molecule is CC(C)OC(=O)COCCCCN1C(=O)CCCC1C=C[C@H](O)Cc1cccc(Cl)c1. The number of benzene rings is 1. The molecule has 1 saturated heterocycles. The van der Waals surface area contributed by atoms with Crippen LogP contribution >= 0.6 is 11.6 Å². The summed E-state index contributed by atoms with van der Waals surface area (Å²) in [6.07, 6.45) is 7.30. The Balaban J connectivity index is 1.75. The zero-order valence-corrected chi connectivity index (χ0v) is 19.2. The maximum Gasteiger partial charge on any atom is 0.332 e. The number of amides is 1. The Morgan fingerprint density at radius 1 is 1.35 bits per heavy atom. The number of carbonyl (C=O) groups excluding carboxylic acids is 2. The normalized spacial score (nSPS) is 18.0. The van der Waals surface area contributed by atoms with Crippen molar-refractivity contribution >= 4 is 23.5 Å². The smallest absolute Gasteiger partial charge is 0.332 e. The maximum absolute atomic E-state index is 12.4. The molecular formula is C24H34ClNO5. The van der Waals surface area contributed by atoms with Gasteiger partial charge in [0.05, 0.1) is 18.2 Å². The number of nitrogens with zero attached hydrogens (tertiary/aromatic N) is 1. The third-order valence-electron chi connectivity index (χ3n) is 5.03. The Labute approximate surface area is 190 Å². The summed E-state index contributed by atoms with van der Waals surface area (Å²) in [6.45, 7) is 4.65. The van der Waals surface area contributed by atoms with Crippen molar-refractivity contribution in [3.63, 3.8) is 0 Å². The Hall–Kier alpha value is -1.89. The molecule has 6 nitrogen and oxygen atoms in total. The number of likely N-dealkylation sites (tertiary alicyclic amines) is 1. The van der Waals surface area contributed by atoms with Gasteiger partial charge in [0, 0.05) is 31.0 Å². The largest absolute Gasteiger partial charge is 0.461 e. The fourth-order valence-corrected chi connectivity index (χ4v) is 3.82. The quantitative estimate of drug-likeness (QED) is 0.296. The Kier molecular flexibility index (Phi) is 11.1. The number of halogens is 1. The fourth-order valence-electron chi connectivity index (χ4n) is 3.61. The van der Waals surface area contributed by atoms with Gasteiger partial charge >= 0.3 is 5.97 Å². The number of hydrogen-bond donors (Lipinski definition) is 1. The van der Waals surface area contributed by atoms with E-state index in [1.54, 1.807) is 26.0 Å². The summed E-state index contributed by atoms with van der Waals surface area (Å²) in [7, 11) is 0. The second-order valence-electron chi connectivity index (χ2n) is 8.13. The van der Waals surface area contributed by atoms with Crippen molar-refractivity contribution in [2.45, 2.75) is 70.6 Å². The molecule has 1 aliphatic heterocycles. The number of unbranched alkanes of at least 4 members (excludes halogenated alkanes) is 1. The summed E-state index contributed by atoms with van der Waals surface area (Å²) in [5, 5.41) is 11.0. The highest BCUT2D eigenvalue weighted by Gasteiger charge is 2.25.